The summed E-state index contributed by atoms with van der Waals surface area (Å²) in [5, 5.41) is 0. The average molecular weight is 929 g/mol. The summed E-state index contributed by atoms with van der Waals surface area (Å²) in [6.45, 7) is 6.33. The molecule has 0 aliphatic heterocycles. The fourth-order valence-electron chi connectivity index (χ4n) is 7.30. The molecule has 0 aliphatic rings. The molecule has 0 aromatic heterocycles. The lowest BCUT2D eigenvalue weighted by molar-refractivity contribution is -0.167. The Kier molecular flexibility index (Phi) is 51.5. The van der Waals surface area contributed by atoms with Gasteiger partial charge in [0.2, 0.25) is 0 Å². The van der Waals surface area contributed by atoms with Gasteiger partial charge >= 0.3 is 17.9 Å². The molecule has 0 amide bonds. The number of unbranched alkanes of at least 4 members (excludes halogenated alkanes) is 23. The summed E-state index contributed by atoms with van der Waals surface area (Å²) in [6.07, 6.45) is 73.6. The standard InChI is InChI=1S/C61H100O6/c1-4-7-10-13-16-19-22-25-28-30-31-34-36-39-42-45-48-51-54-60(63)66-57-58(56-65-59(62)53-50-47-44-41-38-35-32-27-24-21-18-15-12-9-6-3)67-61(64)55-52-49-46-43-40-37-33-29-26-23-20-17-14-11-8-5-2/h8-9,11-12,15,17-18,20-21,24,26-27,29,31-32,34-35,38,58H,4-7,10,13-14,16,19,22-23,25,28,30,33,36-37,39-57H2,1-3H3/b11-8-,12-9-,18-15-,20-17-,24-21-,29-26-,32-27-,34-31-,38-35-. The average Bonchev–Trinajstić information content (AvgIpc) is 3.33. The summed E-state index contributed by atoms with van der Waals surface area (Å²) in [5.74, 6) is -0.969. The third-order valence-electron chi connectivity index (χ3n) is 11.4. The van der Waals surface area contributed by atoms with E-state index in [-0.39, 0.29) is 31.1 Å². The maximum atomic E-state index is 12.8. The van der Waals surface area contributed by atoms with Gasteiger partial charge in [0.25, 0.3) is 0 Å². The lowest BCUT2D eigenvalue weighted by Gasteiger charge is -2.18. The summed E-state index contributed by atoms with van der Waals surface area (Å²) >= 11 is 0. The zero-order valence-corrected chi connectivity index (χ0v) is 43.4. The maximum absolute atomic E-state index is 12.8. The Morgan fingerprint density at radius 1 is 0.328 bits per heavy atom. The Hall–Kier alpha value is -3.93. The second kappa shape index (κ2) is 54.7. The van der Waals surface area contributed by atoms with Crippen molar-refractivity contribution >= 4 is 17.9 Å². The molecule has 0 spiro atoms. The van der Waals surface area contributed by atoms with Crippen molar-refractivity contribution in [3.05, 3.63) is 109 Å². The Labute approximate surface area is 412 Å². The second-order valence-electron chi connectivity index (χ2n) is 17.8. The number of carbonyl (C=O) groups is 3. The molecular weight excluding hydrogens is 829 g/mol. The molecule has 6 heteroatoms. The zero-order valence-electron chi connectivity index (χ0n) is 43.4. The zero-order chi connectivity index (χ0) is 48.6. The van der Waals surface area contributed by atoms with E-state index in [9.17, 15) is 14.4 Å². The summed E-state index contributed by atoms with van der Waals surface area (Å²) in [7, 11) is 0. The predicted molar refractivity (Wildman–Crippen MR) is 288 cm³/mol. The highest BCUT2D eigenvalue weighted by molar-refractivity contribution is 5.71. The van der Waals surface area contributed by atoms with Crippen LogP contribution in [0, 0.1) is 0 Å². The number of ether oxygens (including phenoxy) is 3. The minimum Gasteiger partial charge on any atom is -0.462 e. The van der Waals surface area contributed by atoms with Crippen LogP contribution in [-0.4, -0.2) is 37.2 Å². The van der Waals surface area contributed by atoms with Crippen molar-refractivity contribution in [2.45, 2.75) is 245 Å². The van der Waals surface area contributed by atoms with Crippen LogP contribution in [0.15, 0.2) is 109 Å². The summed E-state index contributed by atoms with van der Waals surface area (Å²) < 4.78 is 16.8. The van der Waals surface area contributed by atoms with Gasteiger partial charge in [-0.2, -0.15) is 0 Å². The van der Waals surface area contributed by atoms with Crippen molar-refractivity contribution in [1.29, 1.82) is 0 Å². The van der Waals surface area contributed by atoms with Crippen molar-refractivity contribution in [2.75, 3.05) is 13.2 Å². The van der Waals surface area contributed by atoms with E-state index < -0.39 is 6.10 Å². The van der Waals surface area contributed by atoms with Gasteiger partial charge in [-0.25, -0.2) is 0 Å². The molecule has 1 unspecified atom stereocenters. The largest absolute Gasteiger partial charge is 0.462 e. The first-order valence-corrected chi connectivity index (χ1v) is 27.5. The molecule has 0 aromatic carbocycles. The molecule has 0 rings (SSSR count). The van der Waals surface area contributed by atoms with Gasteiger partial charge in [-0.15, -0.1) is 0 Å². The fourth-order valence-corrected chi connectivity index (χ4v) is 7.30. The Morgan fingerprint density at radius 3 is 1.12 bits per heavy atom. The van der Waals surface area contributed by atoms with Crippen molar-refractivity contribution in [2.24, 2.45) is 0 Å². The number of carbonyl (C=O) groups excluding carboxylic acids is 3. The number of rotatable bonds is 48. The topological polar surface area (TPSA) is 78.9 Å². The van der Waals surface area contributed by atoms with Gasteiger partial charge in [0.15, 0.2) is 6.10 Å². The number of esters is 3. The van der Waals surface area contributed by atoms with E-state index in [4.69, 9.17) is 14.2 Å². The number of hydrogen-bond donors (Lipinski definition) is 0. The van der Waals surface area contributed by atoms with Gasteiger partial charge in [0.05, 0.1) is 0 Å². The van der Waals surface area contributed by atoms with Crippen molar-refractivity contribution in [3.63, 3.8) is 0 Å². The molecule has 0 saturated heterocycles. The highest BCUT2D eigenvalue weighted by Crippen LogP contribution is 2.14. The molecule has 380 valence electrons. The van der Waals surface area contributed by atoms with Gasteiger partial charge < -0.3 is 14.2 Å². The molecule has 6 nitrogen and oxygen atoms in total. The van der Waals surface area contributed by atoms with E-state index >= 15 is 0 Å². The molecule has 0 bridgehead atoms. The van der Waals surface area contributed by atoms with E-state index in [0.29, 0.717) is 19.3 Å². The molecule has 0 heterocycles. The third kappa shape index (κ3) is 52.9. The van der Waals surface area contributed by atoms with Crippen molar-refractivity contribution in [1.82, 2.24) is 0 Å². The van der Waals surface area contributed by atoms with Crippen LogP contribution in [0.25, 0.3) is 0 Å². The Morgan fingerprint density at radius 2 is 0.657 bits per heavy atom. The molecule has 0 fully saturated rings. The van der Waals surface area contributed by atoms with Crippen LogP contribution in [-0.2, 0) is 28.6 Å². The minimum atomic E-state index is -0.808. The van der Waals surface area contributed by atoms with E-state index in [1.165, 1.54) is 83.5 Å². The normalized spacial score (nSPS) is 12.9. The van der Waals surface area contributed by atoms with Crippen LogP contribution in [0.3, 0.4) is 0 Å². The molecular formula is C61H100O6. The summed E-state index contributed by atoms with van der Waals surface area (Å²) in [5.41, 5.74) is 0. The molecule has 0 aliphatic carbocycles. The number of hydrogen-bond acceptors (Lipinski definition) is 6. The molecule has 67 heavy (non-hydrogen) atoms. The van der Waals surface area contributed by atoms with Gasteiger partial charge in [-0.1, -0.05) is 233 Å². The van der Waals surface area contributed by atoms with Crippen LogP contribution in [0.5, 0.6) is 0 Å². The first kappa shape index (κ1) is 63.1. The predicted octanol–water partition coefficient (Wildman–Crippen LogP) is 18.3. The van der Waals surface area contributed by atoms with Crippen molar-refractivity contribution < 1.29 is 28.6 Å². The molecule has 1 atom stereocenters. The van der Waals surface area contributed by atoms with Gasteiger partial charge in [-0.3, -0.25) is 14.4 Å². The first-order chi connectivity index (χ1) is 33.0. The Bertz CT molecular complexity index is 1390. The van der Waals surface area contributed by atoms with E-state index in [1.807, 2.05) is 48.6 Å². The van der Waals surface area contributed by atoms with E-state index in [0.717, 1.165) is 116 Å². The second-order valence-corrected chi connectivity index (χ2v) is 17.8. The van der Waals surface area contributed by atoms with E-state index in [1.54, 1.807) is 0 Å². The molecule has 0 aromatic rings. The smallest absolute Gasteiger partial charge is 0.306 e. The highest BCUT2D eigenvalue weighted by Gasteiger charge is 2.19. The maximum Gasteiger partial charge on any atom is 0.306 e. The van der Waals surface area contributed by atoms with Gasteiger partial charge in [-0.05, 0) is 96.3 Å². The fraction of sp³-hybridized carbons (Fsp3) is 0.656. The van der Waals surface area contributed by atoms with Crippen LogP contribution in [0.2, 0.25) is 0 Å². The van der Waals surface area contributed by atoms with Crippen molar-refractivity contribution in [3.8, 4) is 0 Å². The minimum absolute atomic E-state index is 0.103. The van der Waals surface area contributed by atoms with Crippen LogP contribution < -0.4 is 0 Å². The quantitative estimate of drug-likeness (QED) is 0.0199. The third-order valence-corrected chi connectivity index (χ3v) is 11.4. The lowest BCUT2D eigenvalue weighted by Crippen LogP contribution is -2.30. The highest BCUT2D eigenvalue weighted by atomic mass is 16.6. The Balaban J connectivity index is 4.49. The SMILES string of the molecule is CC\C=C/C=C\C=C/C=C\C=C/CCCCCC(=O)OCC(COC(=O)CCCCCCC/C=C\CCCCCCCCCCC)OC(=O)CCCCCCCC/C=C\C/C=C\C/C=C\CC. The van der Waals surface area contributed by atoms with E-state index in [2.05, 4.69) is 81.5 Å². The molecule has 0 N–H and O–H groups in total. The summed E-state index contributed by atoms with van der Waals surface area (Å²) in [6, 6.07) is 0. The monoisotopic (exact) mass is 929 g/mol. The molecule has 0 saturated carbocycles. The molecule has 0 radical (unpaired) electrons. The number of allylic oxidation sites excluding steroid dienone is 18. The van der Waals surface area contributed by atoms with Crippen LogP contribution in [0.1, 0.15) is 239 Å². The van der Waals surface area contributed by atoms with Crippen LogP contribution in [0.4, 0.5) is 0 Å². The first-order valence-electron chi connectivity index (χ1n) is 27.5. The lowest BCUT2D eigenvalue weighted by atomic mass is 10.1. The summed E-state index contributed by atoms with van der Waals surface area (Å²) in [4.78, 5) is 38.1. The van der Waals surface area contributed by atoms with Gasteiger partial charge in [0, 0.05) is 19.3 Å². The van der Waals surface area contributed by atoms with Crippen LogP contribution >= 0.6 is 0 Å². The van der Waals surface area contributed by atoms with Gasteiger partial charge in [0.1, 0.15) is 13.2 Å².